The molecule has 0 aromatic heterocycles. The Morgan fingerprint density at radius 1 is 0.909 bits per heavy atom. The van der Waals surface area contributed by atoms with Gasteiger partial charge in [0.05, 0.1) is 19.1 Å². The zero-order chi connectivity index (χ0) is 24.9. The molecule has 1 heterocycles. The molecule has 1 aliphatic heterocycles. The molecule has 186 valence electrons. The van der Waals surface area contributed by atoms with Crippen LogP contribution in [-0.2, 0) is 63.7 Å². The van der Waals surface area contributed by atoms with E-state index in [0.29, 0.717) is 5.56 Å². The lowest BCUT2D eigenvalue weighted by molar-refractivity contribution is -0.211. The van der Waals surface area contributed by atoms with Crippen molar-refractivity contribution in [2.75, 3.05) is 25.7 Å². The van der Waals surface area contributed by atoms with Gasteiger partial charge in [-0.3, -0.25) is 18.0 Å². The van der Waals surface area contributed by atoms with Gasteiger partial charge in [0.1, 0.15) is 19.3 Å². The van der Waals surface area contributed by atoms with Crippen LogP contribution in [-0.4, -0.2) is 78.6 Å². The molecule has 0 bridgehead atoms. The van der Waals surface area contributed by atoms with Gasteiger partial charge in [-0.25, -0.2) is 0 Å². The zero-order valence-corrected chi connectivity index (χ0v) is 20.1. The fourth-order valence-corrected chi connectivity index (χ4v) is 3.89. The first-order valence-electron chi connectivity index (χ1n) is 9.57. The number of rotatable bonds is 11. The smallest absolute Gasteiger partial charge is 0.305 e. The topological polar surface area (TPSA) is 158 Å². The summed E-state index contributed by atoms with van der Waals surface area (Å²) in [5, 5.41) is 0. The van der Waals surface area contributed by atoms with Crippen molar-refractivity contribution in [3.63, 3.8) is 0 Å². The van der Waals surface area contributed by atoms with E-state index in [-0.39, 0.29) is 6.61 Å². The van der Waals surface area contributed by atoms with E-state index in [2.05, 4.69) is 0 Å². The van der Waals surface area contributed by atoms with Gasteiger partial charge < -0.3 is 18.9 Å². The van der Waals surface area contributed by atoms with E-state index >= 15 is 0 Å². The highest BCUT2D eigenvalue weighted by Gasteiger charge is 2.60. The maximum atomic E-state index is 11.8. The highest BCUT2D eigenvalue weighted by molar-refractivity contribution is 7.86. The molecular formula is C19H26O12S2. The summed E-state index contributed by atoms with van der Waals surface area (Å²) >= 11 is 0. The van der Waals surface area contributed by atoms with Gasteiger partial charge in [-0.05, 0) is 5.56 Å². The summed E-state index contributed by atoms with van der Waals surface area (Å²) in [5.41, 5.74) is -1.27. The van der Waals surface area contributed by atoms with Gasteiger partial charge in [0.25, 0.3) is 20.2 Å². The van der Waals surface area contributed by atoms with E-state index < -0.39 is 69.5 Å². The average molecular weight is 511 g/mol. The Morgan fingerprint density at radius 3 is 1.88 bits per heavy atom. The number of hydrogen-bond acceptors (Lipinski definition) is 12. The monoisotopic (exact) mass is 510 g/mol. The number of esters is 2. The lowest BCUT2D eigenvalue weighted by Crippen LogP contribution is -2.53. The second-order valence-electron chi connectivity index (χ2n) is 7.38. The molecule has 0 spiro atoms. The summed E-state index contributed by atoms with van der Waals surface area (Å²) in [6, 6.07) is 8.76. The van der Waals surface area contributed by atoms with Crippen LogP contribution in [0.3, 0.4) is 0 Å². The number of carbonyl (C=O) groups is 2. The van der Waals surface area contributed by atoms with Crippen molar-refractivity contribution in [3.8, 4) is 0 Å². The minimum absolute atomic E-state index is 0.0705. The summed E-state index contributed by atoms with van der Waals surface area (Å²) < 4.78 is 78.5. The van der Waals surface area contributed by atoms with E-state index in [0.717, 1.165) is 26.4 Å². The molecule has 2 rings (SSSR count). The van der Waals surface area contributed by atoms with Crippen LogP contribution in [0.2, 0.25) is 0 Å². The number of carbonyl (C=O) groups excluding carboxylic acids is 2. The van der Waals surface area contributed by atoms with Gasteiger partial charge in [0.2, 0.25) is 6.29 Å². The molecule has 14 heteroatoms. The molecule has 1 aromatic carbocycles. The minimum atomic E-state index is -4.03. The van der Waals surface area contributed by atoms with E-state index in [1.165, 1.54) is 0 Å². The van der Waals surface area contributed by atoms with Gasteiger partial charge in [-0.15, -0.1) is 0 Å². The maximum absolute atomic E-state index is 11.8. The fraction of sp³-hybridized carbons (Fsp3) is 0.579. The van der Waals surface area contributed by atoms with Gasteiger partial charge in [0, 0.05) is 13.8 Å². The Balaban J connectivity index is 2.50. The van der Waals surface area contributed by atoms with E-state index in [4.69, 9.17) is 27.3 Å². The van der Waals surface area contributed by atoms with Gasteiger partial charge in [0.15, 0.2) is 11.7 Å². The molecule has 0 amide bonds. The molecule has 1 fully saturated rings. The molecule has 1 aliphatic rings. The third kappa shape index (κ3) is 8.64. The standard InChI is InChI=1S/C19H26O12S2/c1-13(20)29-16-17(26-10-15-8-6-5-7-9-15)19(11-27-32(3,22)23,12-28-33(4,24)25)31-18(16)30-14(2)21/h5-9,16-18H,10-12H2,1-4H3/t16-,17+,18-/m1/s1. The zero-order valence-electron chi connectivity index (χ0n) is 18.5. The summed E-state index contributed by atoms with van der Waals surface area (Å²) in [6.07, 6.45) is -2.74. The molecule has 33 heavy (non-hydrogen) atoms. The first-order chi connectivity index (χ1) is 15.2. The largest absolute Gasteiger partial charge is 0.453 e. The normalized spacial score (nSPS) is 22.6. The Morgan fingerprint density at radius 2 is 1.42 bits per heavy atom. The van der Waals surface area contributed by atoms with Crippen LogP contribution >= 0.6 is 0 Å². The third-order valence-corrected chi connectivity index (χ3v) is 5.42. The highest BCUT2D eigenvalue weighted by Crippen LogP contribution is 2.38. The van der Waals surface area contributed by atoms with Crippen LogP contribution in [0.25, 0.3) is 0 Å². The van der Waals surface area contributed by atoms with Crippen molar-refractivity contribution < 1.29 is 53.7 Å². The second kappa shape index (κ2) is 10.9. The van der Waals surface area contributed by atoms with Crippen molar-refractivity contribution in [1.82, 2.24) is 0 Å². The molecule has 12 nitrogen and oxygen atoms in total. The van der Waals surface area contributed by atoms with E-state index in [1.54, 1.807) is 30.3 Å². The summed E-state index contributed by atoms with van der Waals surface area (Å²) in [4.78, 5) is 23.4. The Bertz CT molecular complexity index is 1000. The minimum Gasteiger partial charge on any atom is -0.453 e. The van der Waals surface area contributed by atoms with Crippen molar-refractivity contribution in [1.29, 1.82) is 0 Å². The van der Waals surface area contributed by atoms with Gasteiger partial charge >= 0.3 is 11.9 Å². The lowest BCUT2D eigenvalue weighted by atomic mass is 9.96. The van der Waals surface area contributed by atoms with Crippen molar-refractivity contribution in [2.24, 2.45) is 0 Å². The molecule has 0 N–H and O–H groups in total. The molecule has 0 unspecified atom stereocenters. The molecular weight excluding hydrogens is 484 g/mol. The van der Waals surface area contributed by atoms with Crippen LogP contribution in [0.5, 0.6) is 0 Å². The maximum Gasteiger partial charge on any atom is 0.305 e. The van der Waals surface area contributed by atoms with E-state index in [1.807, 2.05) is 0 Å². The molecule has 0 radical (unpaired) electrons. The first-order valence-corrected chi connectivity index (χ1v) is 13.2. The van der Waals surface area contributed by atoms with Gasteiger partial charge in [-0.1, -0.05) is 30.3 Å². The Kier molecular flexibility index (Phi) is 8.95. The number of ether oxygens (including phenoxy) is 4. The molecule has 0 saturated carbocycles. The van der Waals surface area contributed by atoms with Crippen molar-refractivity contribution in [3.05, 3.63) is 35.9 Å². The van der Waals surface area contributed by atoms with Gasteiger partial charge in [-0.2, -0.15) is 16.8 Å². The molecule has 3 atom stereocenters. The summed E-state index contributed by atoms with van der Waals surface area (Å²) in [5.74, 6) is -1.58. The Hall–Kier alpha value is -2.10. The van der Waals surface area contributed by atoms with Crippen molar-refractivity contribution in [2.45, 2.75) is 44.6 Å². The highest BCUT2D eigenvalue weighted by atomic mass is 32.2. The predicted octanol–water partition coefficient (Wildman–Crippen LogP) is 0.114. The van der Waals surface area contributed by atoms with E-state index in [9.17, 15) is 26.4 Å². The van der Waals surface area contributed by atoms with Crippen LogP contribution in [0, 0.1) is 0 Å². The number of benzene rings is 1. The quantitative estimate of drug-likeness (QED) is 0.293. The Labute approximate surface area is 192 Å². The van der Waals surface area contributed by atoms with Crippen LogP contribution < -0.4 is 0 Å². The average Bonchev–Trinajstić information content (AvgIpc) is 2.95. The first kappa shape index (κ1) is 27.1. The number of hydrogen-bond donors (Lipinski definition) is 0. The molecule has 1 aromatic rings. The lowest BCUT2D eigenvalue weighted by Gasteiger charge is -2.33. The predicted molar refractivity (Wildman–Crippen MR) is 112 cm³/mol. The van der Waals surface area contributed by atoms with Crippen LogP contribution in [0.4, 0.5) is 0 Å². The molecule has 1 saturated heterocycles. The summed E-state index contributed by atoms with van der Waals surface area (Å²) in [7, 11) is -8.06. The molecule has 0 aliphatic carbocycles. The van der Waals surface area contributed by atoms with Crippen LogP contribution in [0.1, 0.15) is 19.4 Å². The SMILES string of the molecule is CC(=O)O[C@@H]1OC(COS(C)(=O)=O)(COS(C)(=O)=O)[C@@H](OCc2ccccc2)[C@H]1OC(C)=O. The second-order valence-corrected chi connectivity index (χ2v) is 10.7. The van der Waals surface area contributed by atoms with Crippen LogP contribution in [0.15, 0.2) is 30.3 Å². The fourth-order valence-electron chi connectivity index (χ4n) is 3.07. The van der Waals surface area contributed by atoms with Crippen molar-refractivity contribution >= 4 is 32.2 Å². The third-order valence-electron chi connectivity index (χ3n) is 4.33. The summed E-state index contributed by atoms with van der Waals surface area (Å²) in [6.45, 7) is 0.540.